The first kappa shape index (κ1) is 4.60. The molecule has 0 saturated heterocycles. The molecule has 0 aliphatic heterocycles. The predicted octanol–water partition coefficient (Wildman–Crippen LogP) is 0.144. The van der Waals surface area contributed by atoms with Gasteiger partial charge in [-0.2, -0.15) is 3.85 Å². The van der Waals surface area contributed by atoms with Gasteiger partial charge in [0.25, 0.3) is 0 Å². The fourth-order valence-corrected chi connectivity index (χ4v) is 0. The van der Waals surface area contributed by atoms with Crippen molar-refractivity contribution in [2.24, 2.45) is 0 Å². The van der Waals surface area contributed by atoms with Gasteiger partial charge in [0, 0.05) is 0 Å². The summed E-state index contributed by atoms with van der Waals surface area (Å²) in [5.74, 6) is 0. The summed E-state index contributed by atoms with van der Waals surface area (Å²) in [5.41, 5.74) is 0. The highest BCUT2D eigenvalue weighted by atomic mass is 35.5. The lowest BCUT2D eigenvalue weighted by molar-refractivity contribution is 1.19. The van der Waals surface area contributed by atoms with Crippen LogP contribution in [-0.2, 0) is 0 Å². The van der Waals surface area contributed by atoms with Gasteiger partial charge >= 0.3 is 0 Å². The van der Waals surface area contributed by atoms with Crippen molar-refractivity contribution in [2.75, 3.05) is 0 Å². The van der Waals surface area contributed by atoms with Crippen molar-refractivity contribution in [1.29, 1.82) is 0 Å². The zero-order valence-electron chi connectivity index (χ0n) is 2.20. The van der Waals surface area contributed by atoms with Crippen LogP contribution in [0.2, 0.25) is 0 Å². The topological polar surface area (TPSA) is 3.24 Å². The summed E-state index contributed by atoms with van der Waals surface area (Å²) in [6, 6.07) is 0. The Balaban J connectivity index is 2.32. The summed E-state index contributed by atoms with van der Waals surface area (Å²) >= 11 is 9.75. The molecule has 0 heterocycles. The highest BCUT2D eigenvalue weighted by Gasteiger charge is 1.68. The molecule has 0 rings (SSSR count). The SMILES string of the molecule is BN(Cl)Cl. The molecule has 0 aliphatic rings. The number of halogens is 2. The Bertz CT molecular complexity index is 10.8. The Hall–Kier alpha value is 0.605. The fourth-order valence-electron chi connectivity index (χ4n) is 0. The lowest BCUT2D eigenvalue weighted by Gasteiger charge is -1.80. The molecule has 0 aromatic rings. The summed E-state index contributed by atoms with van der Waals surface area (Å²) in [6.07, 6.45) is 0. The smallest absolute Gasteiger partial charge is 0.187 e. The van der Waals surface area contributed by atoms with Crippen molar-refractivity contribution in [1.82, 2.24) is 3.85 Å². The molecular formula is H2BCl2N. The van der Waals surface area contributed by atoms with Gasteiger partial charge in [0.1, 0.15) is 0 Å². The first-order valence-corrected chi connectivity index (χ1v) is 1.46. The molecule has 0 N–H and O–H groups in total. The second-order valence-corrected chi connectivity index (χ2v) is 1.59. The van der Waals surface area contributed by atoms with Gasteiger partial charge in [-0.3, -0.25) is 0 Å². The van der Waals surface area contributed by atoms with Crippen molar-refractivity contribution in [2.45, 2.75) is 0 Å². The minimum Gasteiger partial charge on any atom is -0.187 e. The Kier molecular flexibility index (Phi) is 2.17. The predicted molar refractivity (Wildman–Crippen MR) is 22.1 cm³/mol. The van der Waals surface area contributed by atoms with Crippen LogP contribution in [-0.4, -0.2) is 11.8 Å². The van der Waals surface area contributed by atoms with Gasteiger partial charge in [0.15, 0.2) is 0 Å². The van der Waals surface area contributed by atoms with E-state index in [9.17, 15) is 0 Å². The minimum atomic E-state index is 0.944. The fraction of sp³-hybridized carbons (Fsp3) is 0. The van der Waals surface area contributed by atoms with E-state index in [1.807, 2.05) is 0 Å². The quantitative estimate of drug-likeness (QED) is 0.307. The zero-order valence-corrected chi connectivity index (χ0v) is 3.72. The largest absolute Gasteiger partial charge is 0.229 e. The second kappa shape index (κ2) is 1.88. The van der Waals surface area contributed by atoms with Gasteiger partial charge in [-0.1, -0.05) is 0 Å². The summed E-state index contributed by atoms with van der Waals surface area (Å²) in [7, 11) is 1.53. The molecule has 0 aromatic carbocycles. The summed E-state index contributed by atoms with van der Waals surface area (Å²) in [6.45, 7) is 0. The van der Waals surface area contributed by atoms with Crippen LogP contribution in [0, 0.1) is 0 Å². The first-order valence-electron chi connectivity index (χ1n) is 0.785. The molecule has 0 saturated carbocycles. The average Bonchev–Trinajstić information content (AvgIpc) is 0.811. The Morgan fingerprint density at radius 1 is 1.50 bits per heavy atom. The first-order chi connectivity index (χ1) is 1.73. The van der Waals surface area contributed by atoms with Crippen LogP contribution in [0.3, 0.4) is 0 Å². The molecule has 0 radical (unpaired) electrons. The average molecular weight is 97.7 g/mol. The van der Waals surface area contributed by atoms with Gasteiger partial charge in [0.2, 0.25) is 7.98 Å². The van der Waals surface area contributed by atoms with Gasteiger partial charge in [0.05, 0.1) is 0 Å². The maximum absolute atomic E-state index is 4.87. The lowest BCUT2D eigenvalue weighted by atomic mass is 10.5. The van der Waals surface area contributed by atoms with Crippen LogP contribution in [0.15, 0.2) is 0 Å². The molecule has 4 heavy (non-hydrogen) atoms. The Morgan fingerprint density at radius 2 is 1.50 bits per heavy atom. The second-order valence-electron chi connectivity index (χ2n) is 0.402. The maximum atomic E-state index is 4.87. The molecule has 0 spiro atoms. The van der Waals surface area contributed by atoms with Crippen molar-refractivity contribution in [3.8, 4) is 0 Å². The molecule has 24 valence electrons. The van der Waals surface area contributed by atoms with Gasteiger partial charge in [-0.05, 0) is 23.6 Å². The third-order valence-electron chi connectivity index (χ3n) is 0. The van der Waals surface area contributed by atoms with Crippen LogP contribution in [0.4, 0.5) is 0 Å². The minimum absolute atomic E-state index is 0.944. The third kappa shape index (κ3) is 18.3. The monoisotopic (exact) mass is 97.0 g/mol. The molecule has 0 unspecified atom stereocenters. The summed E-state index contributed by atoms with van der Waals surface area (Å²) < 4.78 is 0.944. The van der Waals surface area contributed by atoms with Crippen molar-refractivity contribution in [3.05, 3.63) is 0 Å². The molecular weight excluding hydrogens is 95.7 g/mol. The highest BCUT2D eigenvalue weighted by molar-refractivity contribution is 6.47. The molecule has 1 nitrogen and oxygen atoms in total. The number of nitrogens with zero attached hydrogens (tertiary/aromatic N) is 1. The van der Waals surface area contributed by atoms with E-state index in [1.54, 1.807) is 0 Å². The van der Waals surface area contributed by atoms with Gasteiger partial charge in [-0.15, -0.1) is 0 Å². The number of hydrogen-bond donors (Lipinski definition) is 0. The molecule has 4 heteroatoms. The summed E-state index contributed by atoms with van der Waals surface area (Å²) in [4.78, 5) is 0. The van der Waals surface area contributed by atoms with E-state index in [4.69, 9.17) is 23.6 Å². The Morgan fingerprint density at radius 3 is 1.50 bits per heavy atom. The van der Waals surface area contributed by atoms with Gasteiger partial charge in [-0.25, -0.2) is 0 Å². The number of hydrogen-bond acceptors (Lipinski definition) is 1. The van der Waals surface area contributed by atoms with E-state index < -0.39 is 0 Å². The highest BCUT2D eigenvalue weighted by Crippen LogP contribution is 1.85. The van der Waals surface area contributed by atoms with E-state index in [1.165, 1.54) is 7.98 Å². The zero-order chi connectivity index (χ0) is 3.58. The molecule has 0 atom stereocenters. The normalized spacial score (nSPS) is 8.75. The maximum Gasteiger partial charge on any atom is 0.229 e. The Labute approximate surface area is 36.1 Å². The van der Waals surface area contributed by atoms with Crippen molar-refractivity contribution < 1.29 is 0 Å². The van der Waals surface area contributed by atoms with Crippen LogP contribution >= 0.6 is 23.6 Å². The van der Waals surface area contributed by atoms with Crippen LogP contribution < -0.4 is 0 Å². The molecule has 0 amide bonds. The molecule has 0 aromatic heterocycles. The standard InChI is InChI=1S/BCl2H2N/c1-4(2)3/h1H2. The molecule has 0 bridgehead atoms. The van der Waals surface area contributed by atoms with Gasteiger partial charge < -0.3 is 0 Å². The van der Waals surface area contributed by atoms with E-state index >= 15 is 0 Å². The number of rotatable bonds is 0. The van der Waals surface area contributed by atoms with E-state index in [0.29, 0.717) is 0 Å². The molecule has 0 aliphatic carbocycles. The van der Waals surface area contributed by atoms with E-state index in [2.05, 4.69) is 0 Å². The van der Waals surface area contributed by atoms with Crippen LogP contribution in [0.25, 0.3) is 0 Å². The van der Waals surface area contributed by atoms with Crippen LogP contribution in [0.5, 0.6) is 0 Å². The summed E-state index contributed by atoms with van der Waals surface area (Å²) in [5, 5.41) is 0. The van der Waals surface area contributed by atoms with Crippen molar-refractivity contribution >= 4 is 31.5 Å². The lowest BCUT2D eigenvalue weighted by Crippen LogP contribution is -1.81. The molecule has 0 fully saturated rings. The third-order valence-corrected chi connectivity index (χ3v) is 0. The van der Waals surface area contributed by atoms with E-state index in [0.717, 1.165) is 3.85 Å². The van der Waals surface area contributed by atoms with E-state index in [-0.39, 0.29) is 0 Å². The van der Waals surface area contributed by atoms with Crippen molar-refractivity contribution in [3.63, 3.8) is 0 Å². The van der Waals surface area contributed by atoms with Crippen LogP contribution in [0.1, 0.15) is 0 Å².